The van der Waals surface area contributed by atoms with Gasteiger partial charge in [0.05, 0.1) is 0 Å². The summed E-state index contributed by atoms with van der Waals surface area (Å²) in [5.41, 5.74) is 1.35. The molecule has 0 saturated heterocycles. The molecule has 0 radical (unpaired) electrons. The molecular formula is C8H10FI2-. The van der Waals surface area contributed by atoms with Crippen LogP contribution in [0.4, 0.5) is 4.39 Å². The van der Waals surface area contributed by atoms with E-state index >= 15 is 0 Å². The molecule has 64 valence electrons. The Bertz CT molecular complexity index is 192. The predicted octanol–water partition coefficient (Wildman–Crippen LogP) is -0.308. The van der Waals surface area contributed by atoms with Gasteiger partial charge in [-0.05, 0) is 0 Å². The second kappa shape index (κ2) is 4.79. The predicted molar refractivity (Wildman–Crippen MR) is 50.5 cm³/mol. The summed E-state index contributed by atoms with van der Waals surface area (Å²) in [6, 6.07) is 0. The second-order valence-electron chi connectivity index (χ2n) is 2.41. The van der Waals surface area contributed by atoms with Crippen LogP contribution in [0.2, 0.25) is 0 Å². The summed E-state index contributed by atoms with van der Waals surface area (Å²) in [4.78, 5) is 0. The van der Waals surface area contributed by atoms with Crippen molar-refractivity contribution in [3.8, 4) is 0 Å². The Morgan fingerprint density at radius 3 is 3.18 bits per heavy atom. The third kappa shape index (κ3) is 3.40. The monoisotopic (exact) mass is 379 g/mol. The first-order chi connectivity index (χ1) is 5.20. The Kier molecular flexibility index (Phi) is 4.33. The van der Waals surface area contributed by atoms with E-state index in [4.69, 9.17) is 0 Å². The Morgan fingerprint density at radius 2 is 2.55 bits per heavy atom. The number of rotatable bonds is 0. The van der Waals surface area contributed by atoms with E-state index in [0.717, 1.165) is 8.86 Å². The zero-order valence-corrected chi connectivity index (χ0v) is 10.6. The van der Waals surface area contributed by atoms with Crippen molar-refractivity contribution >= 4 is 22.6 Å². The van der Waals surface area contributed by atoms with E-state index in [1.165, 1.54) is 9.15 Å². The van der Waals surface area contributed by atoms with Gasteiger partial charge in [0.25, 0.3) is 0 Å². The van der Waals surface area contributed by atoms with Crippen molar-refractivity contribution in [1.82, 2.24) is 0 Å². The van der Waals surface area contributed by atoms with Gasteiger partial charge in [-0.15, -0.1) is 0 Å². The van der Waals surface area contributed by atoms with Gasteiger partial charge in [-0.2, -0.15) is 0 Å². The van der Waals surface area contributed by atoms with Crippen molar-refractivity contribution in [2.75, 3.05) is 8.86 Å². The molecular weight excluding hydrogens is 369 g/mol. The number of allylic oxidation sites excluding steroid dienone is 4. The van der Waals surface area contributed by atoms with Crippen LogP contribution in [-0.4, -0.2) is 15.0 Å². The van der Waals surface area contributed by atoms with E-state index < -0.39 is 6.17 Å². The summed E-state index contributed by atoms with van der Waals surface area (Å²) in [5.74, 6) is 0. The van der Waals surface area contributed by atoms with Crippen molar-refractivity contribution in [3.63, 3.8) is 0 Å². The van der Waals surface area contributed by atoms with Crippen LogP contribution in [-0.2, 0) is 0 Å². The standard InChI is InChI=1S/C8H10FI2/c1-6(10)7-2-3-8(9)5-11-4-7/h2-3,8H,4-5H2,1H3/q-1/b7-6-. The van der Waals surface area contributed by atoms with Gasteiger partial charge < -0.3 is 0 Å². The molecule has 0 bridgehead atoms. The van der Waals surface area contributed by atoms with Crippen LogP contribution in [0.5, 0.6) is 0 Å². The van der Waals surface area contributed by atoms with E-state index in [9.17, 15) is 4.39 Å². The third-order valence-electron chi connectivity index (χ3n) is 1.44. The molecule has 0 saturated carbocycles. The Hall–Kier alpha value is 0.870. The van der Waals surface area contributed by atoms with Crippen molar-refractivity contribution in [3.05, 3.63) is 21.3 Å². The number of hydrogen-bond acceptors (Lipinski definition) is 0. The minimum atomic E-state index is -0.670. The maximum atomic E-state index is 12.8. The van der Waals surface area contributed by atoms with Crippen molar-refractivity contribution in [2.24, 2.45) is 0 Å². The molecule has 1 atom stereocenters. The minimum absolute atomic E-state index is 0.0731. The van der Waals surface area contributed by atoms with Crippen molar-refractivity contribution in [2.45, 2.75) is 13.1 Å². The van der Waals surface area contributed by atoms with Crippen LogP contribution in [0.25, 0.3) is 0 Å². The zero-order chi connectivity index (χ0) is 8.27. The van der Waals surface area contributed by atoms with Gasteiger partial charge in [-0.25, -0.2) is 0 Å². The molecule has 1 heterocycles. The Balaban J connectivity index is 2.71. The van der Waals surface area contributed by atoms with E-state index in [-0.39, 0.29) is 21.2 Å². The molecule has 1 aliphatic heterocycles. The molecule has 0 aromatic heterocycles. The van der Waals surface area contributed by atoms with Gasteiger partial charge in [-0.3, -0.25) is 0 Å². The number of halogens is 3. The quantitative estimate of drug-likeness (QED) is 0.401. The Labute approximate surface area is 90.7 Å². The normalized spacial score (nSPS) is 30.6. The number of hydrogen-bond donors (Lipinski definition) is 0. The molecule has 0 aromatic carbocycles. The van der Waals surface area contributed by atoms with E-state index in [1.54, 1.807) is 6.08 Å². The summed E-state index contributed by atoms with van der Waals surface area (Å²) < 4.78 is 16.0. The van der Waals surface area contributed by atoms with Crippen LogP contribution in [0.15, 0.2) is 21.3 Å². The van der Waals surface area contributed by atoms with Crippen LogP contribution < -0.4 is 21.2 Å². The van der Waals surface area contributed by atoms with E-state index in [0.29, 0.717) is 0 Å². The third-order valence-corrected chi connectivity index (χ3v) is 4.96. The average Bonchev–Trinajstić information content (AvgIpc) is 2.13. The fraction of sp³-hybridized carbons (Fsp3) is 0.500. The molecule has 1 unspecified atom stereocenters. The van der Waals surface area contributed by atoms with Gasteiger partial charge in [0.1, 0.15) is 0 Å². The molecule has 0 N–H and O–H groups in total. The zero-order valence-electron chi connectivity index (χ0n) is 6.28. The summed E-state index contributed by atoms with van der Waals surface area (Å²) in [6.45, 7) is 2.09. The van der Waals surface area contributed by atoms with Crippen LogP contribution >= 0.6 is 22.6 Å². The van der Waals surface area contributed by atoms with Gasteiger partial charge in [-0.1, -0.05) is 0 Å². The second-order valence-corrected chi connectivity index (χ2v) is 6.75. The first-order valence-electron chi connectivity index (χ1n) is 3.41. The van der Waals surface area contributed by atoms with E-state index in [1.807, 2.05) is 6.08 Å². The Morgan fingerprint density at radius 1 is 1.82 bits per heavy atom. The van der Waals surface area contributed by atoms with Gasteiger partial charge >= 0.3 is 91.4 Å². The maximum absolute atomic E-state index is 12.8. The van der Waals surface area contributed by atoms with Gasteiger partial charge in [0.15, 0.2) is 0 Å². The first-order valence-corrected chi connectivity index (χ1v) is 7.54. The molecule has 3 heteroatoms. The molecule has 1 aliphatic rings. The first kappa shape index (κ1) is 9.95. The molecule has 0 nitrogen and oxygen atoms in total. The summed E-state index contributed by atoms with van der Waals surface area (Å²) >= 11 is 2.38. The summed E-state index contributed by atoms with van der Waals surface area (Å²) in [5, 5.41) is 0. The van der Waals surface area contributed by atoms with E-state index in [2.05, 4.69) is 29.5 Å². The molecule has 11 heavy (non-hydrogen) atoms. The summed E-state index contributed by atoms with van der Waals surface area (Å²) in [6.07, 6.45) is 2.99. The topological polar surface area (TPSA) is 0 Å². The molecule has 0 spiro atoms. The molecule has 1 rings (SSSR count). The van der Waals surface area contributed by atoms with Crippen LogP contribution in [0.3, 0.4) is 0 Å². The van der Waals surface area contributed by atoms with Crippen molar-refractivity contribution < 1.29 is 25.6 Å². The molecule has 0 aromatic rings. The van der Waals surface area contributed by atoms with Gasteiger partial charge in [0.2, 0.25) is 0 Å². The van der Waals surface area contributed by atoms with Crippen LogP contribution in [0, 0.1) is 0 Å². The molecule has 0 fully saturated rings. The van der Waals surface area contributed by atoms with Gasteiger partial charge in [0, 0.05) is 0 Å². The summed E-state index contributed by atoms with van der Waals surface area (Å²) in [7, 11) is 0. The SMILES string of the molecule is C/C(I)=C1\C=CC(F)C[I-]C1. The fourth-order valence-electron chi connectivity index (χ4n) is 0.784. The van der Waals surface area contributed by atoms with Crippen molar-refractivity contribution in [1.29, 1.82) is 0 Å². The fourth-order valence-corrected chi connectivity index (χ4v) is 4.49. The average molecular weight is 379 g/mol. The molecule has 0 aliphatic carbocycles. The molecule has 0 amide bonds. The van der Waals surface area contributed by atoms with Crippen LogP contribution in [0.1, 0.15) is 6.92 Å². The number of alkyl halides is 3.